The predicted molar refractivity (Wildman–Crippen MR) is 64.9 cm³/mol. The molecule has 0 amide bonds. The summed E-state index contributed by atoms with van der Waals surface area (Å²) in [5.74, 6) is -0.386. The Morgan fingerprint density at radius 3 is 3.10 bits per heavy atom. The molecule has 0 spiro atoms. The van der Waals surface area contributed by atoms with E-state index in [1.54, 1.807) is 17.1 Å². The van der Waals surface area contributed by atoms with Gasteiger partial charge in [-0.2, -0.15) is 0 Å². The molecular formula is C11H10N6O3. The number of ether oxygens (including phenoxy) is 1. The smallest absolute Gasteiger partial charge is 0.332 e. The molecule has 2 N–H and O–H groups in total. The van der Waals surface area contributed by atoms with Gasteiger partial charge < -0.3 is 14.8 Å². The number of hydrogen-bond donors (Lipinski definition) is 2. The van der Waals surface area contributed by atoms with Gasteiger partial charge in [0.05, 0.1) is 6.33 Å². The third-order valence-electron chi connectivity index (χ3n) is 3.44. The van der Waals surface area contributed by atoms with Crippen LogP contribution in [0, 0.1) is 0 Å². The van der Waals surface area contributed by atoms with E-state index in [1.807, 2.05) is 0 Å². The number of hydrogen-bond acceptors (Lipinski definition) is 6. The van der Waals surface area contributed by atoms with Crippen LogP contribution >= 0.6 is 0 Å². The standard InChI is InChI=1S/C11H10N6O3/c18-11(19)6-2-1-5(20-6)9-15-16-10-7-8(13-3-12-7)14-4-17(9)10/h3-6H,1-2H2,(H,12,13)(H,18,19). The third kappa shape index (κ3) is 1.50. The number of H-pyrrole nitrogens is 1. The highest BCUT2D eigenvalue weighted by Crippen LogP contribution is 2.32. The SMILES string of the molecule is O=C(O)C1CCC(c2nnc3c4[nH]cnc4ncn23)O1. The Bertz CT molecular complexity index is 809. The third-order valence-corrected chi connectivity index (χ3v) is 3.44. The van der Waals surface area contributed by atoms with Crippen LogP contribution in [0.5, 0.6) is 0 Å². The summed E-state index contributed by atoms with van der Waals surface area (Å²) in [5.41, 5.74) is 1.86. The van der Waals surface area contributed by atoms with E-state index < -0.39 is 12.1 Å². The van der Waals surface area contributed by atoms with Crippen LogP contribution < -0.4 is 0 Å². The number of carboxylic acids is 1. The van der Waals surface area contributed by atoms with E-state index in [9.17, 15) is 4.79 Å². The largest absolute Gasteiger partial charge is 0.479 e. The molecular weight excluding hydrogens is 264 g/mol. The fraction of sp³-hybridized carbons (Fsp3) is 0.364. The van der Waals surface area contributed by atoms with Gasteiger partial charge in [0.1, 0.15) is 17.9 Å². The van der Waals surface area contributed by atoms with Crippen LogP contribution in [0.2, 0.25) is 0 Å². The fourth-order valence-electron chi connectivity index (χ4n) is 2.48. The summed E-state index contributed by atoms with van der Waals surface area (Å²) in [5, 5.41) is 17.2. The van der Waals surface area contributed by atoms with Crippen LogP contribution in [0.3, 0.4) is 0 Å². The van der Waals surface area contributed by atoms with Gasteiger partial charge in [0.25, 0.3) is 0 Å². The Hall–Kier alpha value is -2.55. The number of aliphatic carboxylic acids is 1. The molecule has 0 bridgehead atoms. The Morgan fingerprint density at radius 1 is 1.40 bits per heavy atom. The molecule has 0 aromatic carbocycles. The van der Waals surface area contributed by atoms with Crippen molar-refractivity contribution >= 4 is 22.8 Å². The van der Waals surface area contributed by atoms with Gasteiger partial charge in [0.15, 0.2) is 23.2 Å². The van der Waals surface area contributed by atoms with Gasteiger partial charge in [-0.25, -0.2) is 14.8 Å². The summed E-state index contributed by atoms with van der Waals surface area (Å²) in [4.78, 5) is 22.1. The van der Waals surface area contributed by atoms with Crippen LogP contribution in [-0.2, 0) is 9.53 Å². The second-order valence-corrected chi connectivity index (χ2v) is 4.63. The summed E-state index contributed by atoms with van der Waals surface area (Å²) in [6.07, 6.45) is 3.02. The zero-order chi connectivity index (χ0) is 13.7. The van der Waals surface area contributed by atoms with E-state index in [4.69, 9.17) is 9.84 Å². The van der Waals surface area contributed by atoms with Crippen LogP contribution in [0.25, 0.3) is 16.8 Å². The predicted octanol–water partition coefficient (Wildman–Crippen LogP) is 0.305. The maximum absolute atomic E-state index is 10.9. The highest BCUT2D eigenvalue weighted by atomic mass is 16.5. The normalized spacial score (nSPS) is 22.8. The second kappa shape index (κ2) is 3.97. The summed E-state index contributed by atoms with van der Waals surface area (Å²) >= 11 is 0. The highest BCUT2D eigenvalue weighted by Gasteiger charge is 2.34. The molecule has 102 valence electrons. The van der Waals surface area contributed by atoms with Crippen molar-refractivity contribution in [3.63, 3.8) is 0 Å². The maximum Gasteiger partial charge on any atom is 0.332 e. The number of nitrogens with one attached hydrogen (secondary N) is 1. The molecule has 1 fully saturated rings. The molecule has 4 heterocycles. The first-order chi connectivity index (χ1) is 9.74. The lowest BCUT2D eigenvalue weighted by molar-refractivity contribution is -0.149. The topological polar surface area (TPSA) is 118 Å². The average molecular weight is 274 g/mol. The van der Waals surface area contributed by atoms with Crippen LogP contribution in [-0.4, -0.2) is 46.7 Å². The zero-order valence-electron chi connectivity index (χ0n) is 10.2. The summed E-state index contributed by atoms with van der Waals surface area (Å²) in [6, 6.07) is 0. The molecule has 0 radical (unpaired) electrons. The number of carbonyl (C=O) groups is 1. The maximum atomic E-state index is 10.9. The van der Waals surface area contributed by atoms with Crippen molar-refractivity contribution in [3.8, 4) is 0 Å². The molecule has 2 atom stereocenters. The molecule has 3 aromatic heterocycles. The van der Waals surface area contributed by atoms with Crippen molar-refractivity contribution in [1.82, 2.24) is 29.5 Å². The molecule has 0 saturated carbocycles. The van der Waals surface area contributed by atoms with Crippen LogP contribution in [0.1, 0.15) is 24.8 Å². The lowest BCUT2D eigenvalue weighted by Crippen LogP contribution is -2.19. The van der Waals surface area contributed by atoms with Crippen molar-refractivity contribution in [2.75, 3.05) is 0 Å². The van der Waals surface area contributed by atoms with Crippen LogP contribution in [0.15, 0.2) is 12.7 Å². The number of aromatic nitrogens is 6. The monoisotopic (exact) mass is 274 g/mol. The molecule has 3 aromatic rings. The molecule has 1 aliphatic heterocycles. The molecule has 4 rings (SSSR count). The lowest BCUT2D eigenvalue weighted by atomic mass is 10.2. The number of nitrogens with zero attached hydrogens (tertiary/aromatic N) is 5. The molecule has 1 aliphatic rings. The highest BCUT2D eigenvalue weighted by molar-refractivity contribution is 5.84. The van der Waals surface area contributed by atoms with Crippen molar-refractivity contribution < 1.29 is 14.6 Å². The van der Waals surface area contributed by atoms with Gasteiger partial charge in [-0.1, -0.05) is 0 Å². The zero-order valence-corrected chi connectivity index (χ0v) is 10.2. The summed E-state index contributed by atoms with van der Waals surface area (Å²) < 4.78 is 7.20. The molecule has 2 unspecified atom stereocenters. The first kappa shape index (κ1) is 11.3. The first-order valence-corrected chi connectivity index (χ1v) is 6.15. The summed E-state index contributed by atoms with van der Waals surface area (Å²) in [6.45, 7) is 0. The lowest BCUT2D eigenvalue weighted by Gasteiger charge is -2.08. The second-order valence-electron chi connectivity index (χ2n) is 4.63. The number of carboxylic acid groups (broad SMARTS) is 1. The molecule has 1 saturated heterocycles. The van der Waals surface area contributed by atoms with Crippen molar-refractivity contribution in [3.05, 3.63) is 18.5 Å². The van der Waals surface area contributed by atoms with E-state index >= 15 is 0 Å². The van der Waals surface area contributed by atoms with Gasteiger partial charge in [0.2, 0.25) is 0 Å². The van der Waals surface area contributed by atoms with E-state index in [0.717, 1.165) is 0 Å². The minimum atomic E-state index is -0.949. The number of rotatable bonds is 2. The van der Waals surface area contributed by atoms with Crippen LogP contribution in [0.4, 0.5) is 0 Å². The number of fused-ring (bicyclic) bond motifs is 3. The number of imidazole rings is 1. The Morgan fingerprint density at radius 2 is 2.30 bits per heavy atom. The van der Waals surface area contributed by atoms with Gasteiger partial charge in [-0.3, -0.25) is 4.40 Å². The average Bonchev–Trinajstić information content (AvgIpc) is 3.16. The van der Waals surface area contributed by atoms with E-state index in [2.05, 4.69) is 25.1 Å². The van der Waals surface area contributed by atoms with E-state index in [0.29, 0.717) is 35.5 Å². The van der Waals surface area contributed by atoms with E-state index in [1.165, 1.54) is 0 Å². The van der Waals surface area contributed by atoms with Crippen molar-refractivity contribution in [1.29, 1.82) is 0 Å². The van der Waals surface area contributed by atoms with Gasteiger partial charge in [-0.15, -0.1) is 10.2 Å². The van der Waals surface area contributed by atoms with Gasteiger partial charge in [-0.05, 0) is 12.8 Å². The van der Waals surface area contributed by atoms with E-state index in [-0.39, 0.29) is 6.10 Å². The molecule has 9 heteroatoms. The van der Waals surface area contributed by atoms with Gasteiger partial charge >= 0.3 is 5.97 Å². The fourth-order valence-corrected chi connectivity index (χ4v) is 2.48. The summed E-state index contributed by atoms with van der Waals surface area (Å²) in [7, 11) is 0. The Balaban J connectivity index is 1.79. The number of aromatic amines is 1. The Kier molecular flexibility index (Phi) is 2.24. The first-order valence-electron chi connectivity index (χ1n) is 6.15. The van der Waals surface area contributed by atoms with Crippen molar-refractivity contribution in [2.45, 2.75) is 25.0 Å². The van der Waals surface area contributed by atoms with Crippen molar-refractivity contribution in [2.24, 2.45) is 0 Å². The Labute approximate surface area is 111 Å². The molecule has 20 heavy (non-hydrogen) atoms. The molecule has 0 aliphatic carbocycles. The minimum Gasteiger partial charge on any atom is -0.479 e. The minimum absolute atomic E-state index is 0.381. The molecule has 9 nitrogen and oxygen atoms in total. The quantitative estimate of drug-likeness (QED) is 0.690. The van der Waals surface area contributed by atoms with Gasteiger partial charge in [0, 0.05) is 0 Å².